The Bertz CT molecular complexity index is 187. The Morgan fingerprint density at radius 2 is 2.09 bits per heavy atom. The van der Waals surface area contributed by atoms with Gasteiger partial charge in [-0.25, -0.2) is 0 Å². The summed E-state index contributed by atoms with van der Waals surface area (Å²) in [5, 5.41) is 0. The van der Waals surface area contributed by atoms with Gasteiger partial charge in [0.1, 0.15) is 12.4 Å². The molecule has 60 valence electrons. The number of hydrogen-bond donors (Lipinski definition) is 0. The second kappa shape index (κ2) is 5.54. The fourth-order valence-corrected chi connectivity index (χ4v) is 0.569. The molecule has 0 spiro atoms. The summed E-state index contributed by atoms with van der Waals surface area (Å²) in [4.78, 5) is 0. The van der Waals surface area contributed by atoms with Crippen molar-refractivity contribution in [3.05, 3.63) is 49.3 Å². The maximum absolute atomic E-state index is 5.27. The number of allylic oxidation sites excluding steroid dienone is 3. The van der Waals surface area contributed by atoms with Crippen molar-refractivity contribution in [2.24, 2.45) is 0 Å². The van der Waals surface area contributed by atoms with Gasteiger partial charge in [-0.3, -0.25) is 0 Å². The molecule has 1 nitrogen and oxygen atoms in total. The average molecular weight is 150 g/mol. The predicted octanol–water partition coefficient (Wildman–Crippen LogP) is 2.84. The minimum absolute atomic E-state index is 0.506. The first-order chi connectivity index (χ1) is 5.22. The molecule has 0 unspecified atom stereocenters. The van der Waals surface area contributed by atoms with E-state index in [-0.39, 0.29) is 0 Å². The summed E-state index contributed by atoms with van der Waals surface area (Å²) in [7, 11) is 0. The Labute approximate surface area is 68.4 Å². The van der Waals surface area contributed by atoms with Crippen molar-refractivity contribution in [2.75, 3.05) is 6.61 Å². The van der Waals surface area contributed by atoms with Gasteiger partial charge in [0.15, 0.2) is 0 Å². The van der Waals surface area contributed by atoms with Crippen LogP contribution in [0, 0.1) is 0 Å². The SMILES string of the molecule is C=C/C=C(/OCC=C)C(=C)C. The minimum Gasteiger partial charge on any atom is -0.489 e. The van der Waals surface area contributed by atoms with Gasteiger partial charge in [0, 0.05) is 0 Å². The van der Waals surface area contributed by atoms with E-state index >= 15 is 0 Å². The molecule has 0 aromatic heterocycles. The molecule has 1 heteroatoms. The first-order valence-electron chi connectivity index (χ1n) is 3.44. The van der Waals surface area contributed by atoms with Crippen LogP contribution in [0.5, 0.6) is 0 Å². The lowest BCUT2D eigenvalue weighted by atomic mass is 10.2. The molecule has 0 rings (SSSR count). The topological polar surface area (TPSA) is 9.23 Å². The van der Waals surface area contributed by atoms with Gasteiger partial charge in [-0.1, -0.05) is 31.9 Å². The molecule has 0 amide bonds. The fraction of sp³-hybridized carbons (Fsp3) is 0.200. The molecule has 0 radical (unpaired) electrons. The third-order valence-corrected chi connectivity index (χ3v) is 1.05. The van der Waals surface area contributed by atoms with E-state index in [4.69, 9.17) is 4.74 Å². The maximum Gasteiger partial charge on any atom is 0.122 e. The van der Waals surface area contributed by atoms with E-state index in [1.54, 1.807) is 18.2 Å². The lowest BCUT2D eigenvalue weighted by Gasteiger charge is -2.06. The summed E-state index contributed by atoms with van der Waals surface area (Å²) in [5.74, 6) is 0.764. The molecule has 0 aromatic carbocycles. The summed E-state index contributed by atoms with van der Waals surface area (Å²) in [5.41, 5.74) is 0.895. The standard InChI is InChI=1S/C10H14O/c1-5-7-10(9(3)4)11-8-6-2/h5-7H,1-3,8H2,4H3/b10-7+. The highest BCUT2D eigenvalue weighted by Crippen LogP contribution is 2.07. The molecule has 0 bridgehead atoms. The van der Waals surface area contributed by atoms with Crippen LogP contribution in [0.15, 0.2) is 49.3 Å². The molecule has 0 aliphatic carbocycles. The quantitative estimate of drug-likeness (QED) is 0.332. The molecule has 0 fully saturated rings. The van der Waals surface area contributed by atoms with Crippen molar-refractivity contribution in [3.8, 4) is 0 Å². The summed E-state index contributed by atoms with van der Waals surface area (Å²) < 4.78 is 5.27. The van der Waals surface area contributed by atoms with Gasteiger partial charge in [-0.05, 0) is 18.6 Å². The van der Waals surface area contributed by atoms with Crippen molar-refractivity contribution in [2.45, 2.75) is 6.92 Å². The van der Waals surface area contributed by atoms with Gasteiger partial charge < -0.3 is 4.74 Å². The van der Waals surface area contributed by atoms with Gasteiger partial charge in [0.05, 0.1) is 0 Å². The number of hydrogen-bond acceptors (Lipinski definition) is 1. The molecule has 0 N–H and O–H groups in total. The van der Waals surface area contributed by atoms with Crippen LogP contribution >= 0.6 is 0 Å². The average Bonchev–Trinajstić information content (AvgIpc) is 1.97. The predicted molar refractivity (Wildman–Crippen MR) is 49.2 cm³/mol. The molecular weight excluding hydrogens is 136 g/mol. The number of ether oxygens (including phenoxy) is 1. The first kappa shape index (κ1) is 9.76. The van der Waals surface area contributed by atoms with E-state index in [0.717, 1.165) is 11.3 Å². The van der Waals surface area contributed by atoms with E-state index in [0.29, 0.717) is 6.61 Å². The molecule has 0 saturated carbocycles. The van der Waals surface area contributed by atoms with Crippen LogP contribution in [0.3, 0.4) is 0 Å². The molecule has 0 atom stereocenters. The van der Waals surface area contributed by atoms with E-state index in [9.17, 15) is 0 Å². The van der Waals surface area contributed by atoms with E-state index < -0.39 is 0 Å². The third kappa shape index (κ3) is 4.20. The Morgan fingerprint density at radius 1 is 1.45 bits per heavy atom. The van der Waals surface area contributed by atoms with Crippen LogP contribution < -0.4 is 0 Å². The number of rotatable bonds is 5. The van der Waals surface area contributed by atoms with E-state index in [1.807, 2.05) is 6.92 Å². The summed E-state index contributed by atoms with van der Waals surface area (Å²) in [6.45, 7) is 13.3. The molecule has 0 saturated heterocycles. The third-order valence-electron chi connectivity index (χ3n) is 1.05. The van der Waals surface area contributed by atoms with Crippen LogP contribution in [-0.2, 0) is 4.74 Å². The monoisotopic (exact) mass is 150 g/mol. The lowest BCUT2D eigenvalue weighted by molar-refractivity contribution is 0.257. The zero-order valence-corrected chi connectivity index (χ0v) is 6.97. The largest absolute Gasteiger partial charge is 0.489 e. The van der Waals surface area contributed by atoms with E-state index in [1.165, 1.54) is 0 Å². The normalized spacial score (nSPS) is 10.5. The Balaban J connectivity index is 4.10. The zero-order chi connectivity index (χ0) is 8.69. The van der Waals surface area contributed by atoms with Crippen molar-refractivity contribution < 1.29 is 4.74 Å². The lowest BCUT2D eigenvalue weighted by Crippen LogP contribution is -1.92. The fourth-order valence-electron chi connectivity index (χ4n) is 0.569. The van der Waals surface area contributed by atoms with Crippen LogP contribution in [0.25, 0.3) is 0 Å². The van der Waals surface area contributed by atoms with Gasteiger partial charge in [-0.15, -0.1) is 0 Å². The van der Waals surface area contributed by atoms with Gasteiger partial charge in [-0.2, -0.15) is 0 Å². The van der Waals surface area contributed by atoms with Crippen LogP contribution in [0.1, 0.15) is 6.92 Å². The molecule has 11 heavy (non-hydrogen) atoms. The van der Waals surface area contributed by atoms with Crippen molar-refractivity contribution >= 4 is 0 Å². The van der Waals surface area contributed by atoms with Crippen LogP contribution in [-0.4, -0.2) is 6.61 Å². The molecule has 0 aliphatic rings. The van der Waals surface area contributed by atoms with Gasteiger partial charge in [0.25, 0.3) is 0 Å². The van der Waals surface area contributed by atoms with E-state index in [2.05, 4.69) is 19.7 Å². The Morgan fingerprint density at radius 3 is 2.45 bits per heavy atom. The summed E-state index contributed by atoms with van der Waals surface area (Å²) >= 11 is 0. The second-order valence-electron chi connectivity index (χ2n) is 2.15. The molecular formula is C10H14O. The highest BCUT2D eigenvalue weighted by atomic mass is 16.5. The second-order valence-corrected chi connectivity index (χ2v) is 2.15. The minimum atomic E-state index is 0.506. The smallest absolute Gasteiger partial charge is 0.122 e. The van der Waals surface area contributed by atoms with Crippen molar-refractivity contribution in [1.82, 2.24) is 0 Å². The van der Waals surface area contributed by atoms with Crippen molar-refractivity contribution in [1.29, 1.82) is 0 Å². The molecule has 0 heterocycles. The van der Waals surface area contributed by atoms with Crippen molar-refractivity contribution in [3.63, 3.8) is 0 Å². The summed E-state index contributed by atoms with van der Waals surface area (Å²) in [6.07, 6.45) is 5.15. The van der Waals surface area contributed by atoms with Crippen LogP contribution in [0.4, 0.5) is 0 Å². The zero-order valence-electron chi connectivity index (χ0n) is 6.97. The molecule has 0 aliphatic heterocycles. The highest BCUT2D eigenvalue weighted by molar-refractivity contribution is 5.23. The van der Waals surface area contributed by atoms with Gasteiger partial charge in [0.2, 0.25) is 0 Å². The van der Waals surface area contributed by atoms with Crippen LogP contribution in [0.2, 0.25) is 0 Å². The Hall–Kier alpha value is -1.24. The molecule has 0 aromatic rings. The summed E-state index contributed by atoms with van der Waals surface area (Å²) in [6, 6.07) is 0. The highest BCUT2D eigenvalue weighted by Gasteiger charge is 1.94. The van der Waals surface area contributed by atoms with Gasteiger partial charge >= 0.3 is 0 Å². The Kier molecular flexibility index (Phi) is 4.91. The maximum atomic E-state index is 5.27. The first-order valence-corrected chi connectivity index (χ1v) is 3.44.